The number of likely N-dealkylation sites (N-methyl/N-ethyl adjacent to an activating group) is 1. The Morgan fingerprint density at radius 2 is 2.14 bits per heavy atom. The number of rotatable bonds is 3. The second-order valence-corrected chi connectivity index (χ2v) is 3.28. The predicted octanol–water partition coefficient (Wildman–Crippen LogP) is 0.0109. The molecular weight excluding hydrogens is 180 g/mol. The summed E-state index contributed by atoms with van der Waals surface area (Å²) in [5, 5.41) is 2.64. The van der Waals surface area contributed by atoms with Crippen molar-refractivity contribution in [3.63, 3.8) is 0 Å². The van der Waals surface area contributed by atoms with Crippen molar-refractivity contribution in [1.82, 2.24) is 10.2 Å². The van der Waals surface area contributed by atoms with Crippen LogP contribution in [-0.2, 0) is 9.53 Å². The average Bonchev–Trinajstić information content (AvgIpc) is 2.26. The highest BCUT2D eigenvalue weighted by Crippen LogP contribution is 2.02. The van der Waals surface area contributed by atoms with Gasteiger partial charge in [0.2, 0.25) is 5.91 Å². The molecule has 4 nitrogen and oxygen atoms in total. The van der Waals surface area contributed by atoms with Crippen LogP contribution in [0.3, 0.4) is 0 Å². The molecule has 4 heteroatoms. The molecule has 0 atom stereocenters. The highest BCUT2D eigenvalue weighted by molar-refractivity contribution is 5.93. The molecule has 14 heavy (non-hydrogen) atoms. The molecule has 0 aromatic heterocycles. The predicted molar refractivity (Wildman–Crippen MR) is 55.1 cm³/mol. The van der Waals surface area contributed by atoms with Crippen molar-refractivity contribution in [2.75, 3.05) is 39.9 Å². The van der Waals surface area contributed by atoms with Gasteiger partial charge in [-0.3, -0.25) is 9.69 Å². The zero-order valence-corrected chi connectivity index (χ0v) is 8.88. The van der Waals surface area contributed by atoms with E-state index in [1.54, 1.807) is 7.05 Å². The summed E-state index contributed by atoms with van der Waals surface area (Å²) in [6.07, 6.45) is 1.87. The molecular formula is C10H18N2O2. The van der Waals surface area contributed by atoms with Gasteiger partial charge in [0.25, 0.3) is 0 Å². The summed E-state index contributed by atoms with van der Waals surface area (Å²) >= 11 is 0. The second kappa shape index (κ2) is 5.78. The van der Waals surface area contributed by atoms with E-state index >= 15 is 0 Å². The molecule has 1 heterocycles. The molecule has 0 saturated carbocycles. The number of amides is 1. The van der Waals surface area contributed by atoms with E-state index in [9.17, 15) is 4.79 Å². The smallest absolute Gasteiger partial charge is 0.247 e. The molecule has 1 aliphatic rings. The lowest BCUT2D eigenvalue weighted by Gasteiger charge is -2.27. The third kappa shape index (κ3) is 3.12. The average molecular weight is 198 g/mol. The normalized spacial score (nSPS) is 19.4. The van der Waals surface area contributed by atoms with E-state index in [-0.39, 0.29) is 5.91 Å². The standard InChI is InChI=1S/C10H18N2O2/c1-3-9(10(13)11-2)8-12-4-6-14-7-5-12/h3H,4-8H2,1-2H3,(H,11,13)/b9-3+. The Morgan fingerprint density at radius 3 is 2.64 bits per heavy atom. The Balaban J connectivity index is 2.43. The van der Waals surface area contributed by atoms with Crippen LogP contribution in [0.25, 0.3) is 0 Å². The van der Waals surface area contributed by atoms with E-state index in [2.05, 4.69) is 10.2 Å². The number of ether oxygens (including phenoxy) is 1. The number of hydrogen-bond donors (Lipinski definition) is 1. The van der Waals surface area contributed by atoms with Crippen molar-refractivity contribution in [2.24, 2.45) is 0 Å². The van der Waals surface area contributed by atoms with E-state index < -0.39 is 0 Å². The topological polar surface area (TPSA) is 41.6 Å². The van der Waals surface area contributed by atoms with Gasteiger partial charge in [-0.05, 0) is 6.92 Å². The molecule has 0 aromatic carbocycles. The maximum Gasteiger partial charge on any atom is 0.247 e. The van der Waals surface area contributed by atoms with Gasteiger partial charge in [-0.15, -0.1) is 0 Å². The van der Waals surface area contributed by atoms with Crippen LogP contribution >= 0.6 is 0 Å². The van der Waals surface area contributed by atoms with Gasteiger partial charge in [0, 0.05) is 32.3 Å². The van der Waals surface area contributed by atoms with E-state index in [0.29, 0.717) is 0 Å². The van der Waals surface area contributed by atoms with E-state index in [1.807, 2.05) is 13.0 Å². The first-order valence-corrected chi connectivity index (χ1v) is 4.95. The largest absolute Gasteiger partial charge is 0.379 e. The first-order valence-electron chi connectivity index (χ1n) is 4.95. The van der Waals surface area contributed by atoms with Crippen molar-refractivity contribution in [2.45, 2.75) is 6.92 Å². The highest BCUT2D eigenvalue weighted by atomic mass is 16.5. The lowest BCUT2D eigenvalue weighted by molar-refractivity contribution is -0.117. The van der Waals surface area contributed by atoms with Crippen LogP contribution in [0.4, 0.5) is 0 Å². The van der Waals surface area contributed by atoms with Crippen LogP contribution in [0.15, 0.2) is 11.6 Å². The number of carbonyl (C=O) groups excluding carboxylic acids is 1. The summed E-state index contributed by atoms with van der Waals surface area (Å²) in [5.74, 6) is 0.0130. The molecule has 0 bridgehead atoms. The molecule has 0 spiro atoms. The van der Waals surface area contributed by atoms with Gasteiger partial charge in [0.05, 0.1) is 13.2 Å². The minimum absolute atomic E-state index is 0.0130. The Labute approximate surface area is 84.9 Å². The molecule has 80 valence electrons. The molecule has 1 amide bonds. The minimum Gasteiger partial charge on any atom is -0.379 e. The Bertz CT molecular complexity index is 220. The maximum absolute atomic E-state index is 11.4. The molecule has 1 fully saturated rings. The van der Waals surface area contributed by atoms with Gasteiger partial charge in [0.1, 0.15) is 0 Å². The fourth-order valence-electron chi connectivity index (χ4n) is 1.45. The summed E-state index contributed by atoms with van der Waals surface area (Å²) in [7, 11) is 1.66. The highest BCUT2D eigenvalue weighted by Gasteiger charge is 2.14. The third-order valence-corrected chi connectivity index (χ3v) is 2.36. The summed E-state index contributed by atoms with van der Waals surface area (Å²) in [6.45, 7) is 5.97. The van der Waals surface area contributed by atoms with Gasteiger partial charge in [-0.1, -0.05) is 6.08 Å². The van der Waals surface area contributed by atoms with Crippen molar-refractivity contribution < 1.29 is 9.53 Å². The van der Waals surface area contributed by atoms with Crippen molar-refractivity contribution in [3.05, 3.63) is 11.6 Å². The maximum atomic E-state index is 11.4. The number of morpholine rings is 1. The summed E-state index contributed by atoms with van der Waals surface area (Å²) in [6, 6.07) is 0. The molecule has 0 unspecified atom stereocenters. The molecule has 1 saturated heterocycles. The molecule has 1 rings (SSSR count). The van der Waals surface area contributed by atoms with Gasteiger partial charge in [-0.2, -0.15) is 0 Å². The Kier molecular flexibility index (Phi) is 4.62. The number of hydrogen-bond acceptors (Lipinski definition) is 3. The van der Waals surface area contributed by atoms with Crippen LogP contribution in [0.2, 0.25) is 0 Å². The Hall–Kier alpha value is -0.870. The fraction of sp³-hybridized carbons (Fsp3) is 0.700. The molecule has 1 aliphatic heterocycles. The van der Waals surface area contributed by atoms with Crippen molar-refractivity contribution >= 4 is 5.91 Å². The van der Waals surface area contributed by atoms with Gasteiger partial charge in [0.15, 0.2) is 0 Å². The van der Waals surface area contributed by atoms with Crippen LogP contribution in [0.5, 0.6) is 0 Å². The van der Waals surface area contributed by atoms with Gasteiger partial charge >= 0.3 is 0 Å². The van der Waals surface area contributed by atoms with Crippen LogP contribution in [-0.4, -0.2) is 50.7 Å². The summed E-state index contributed by atoms with van der Waals surface area (Å²) in [5.41, 5.74) is 0.828. The van der Waals surface area contributed by atoms with Crippen LogP contribution in [0.1, 0.15) is 6.92 Å². The number of nitrogens with zero attached hydrogens (tertiary/aromatic N) is 1. The Morgan fingerprint density at radius 1 is 1.50 bits per heavy atom. The first kappa shape index (κ1) is 11.2. The molecule has 0 aromatic rings. The van der Waals surface area contributed by atoms with E-state index in [0.717, 1.165) is 38.4 Å². The molecule has 0 aliphatic carbocycles. The summed E-state index contributed by atoms with van der Waals surface area (Å²) < 4.78 is 5.24. The number of nitrogens with one attached hydrogen (secondary N) is 1. The van der Waals surface area contributed by atoms with E-state index in [1.165, 1.54) is 0 Å². The van der Waals surface area contributed by atoms with Crippen molar-refractivity contribution in [3.8, 4) is 0 Å². The van der Waals surface area contributed by atoms with Crippen molar-refractivity contribution in [1.29, 1.82) is 0 Å². The fourth-order valence-corrected chi connectivity index (χ4v) is 1.45. The van der Waals surface area contributed by atoms with E-state index in [4.69, 9.17) is 4.74 Å². The quantitative estimate of drug-likeness (QED) is 0.650. The lowest BCUT2D eigenvalue weighted by atomic mass is 10.2. The molecule has 0 radical (unpaired) electrons. The van der Waals surface area contributed by atoms with Crippen LogP contribution in [0, 0.1) is 0 Å². The first-order chi connectivity index (χ1) is 6.77. The zero-order chi connectivity index (χ0) is 10.4. The van der Waals surface area contributed by atoms with Gasteiger partial charge in [-0.25, -0.2) is 0 Å². The number of allylic oxidation sites excluding steroid dienone is 1. The number of carbonyl (C=O) groups is 1. The zero-order valence-electron chi connectivity index (χ0n) is 8.88. The monoisotopic (exact) mass is 198 g/mol. The second-order valence-electron chi connectivity index (χ2n) is 3.28. The SMILES string of the molecule is C/C=C(\CN1CCOCC1)C(=O)NC. The van der Waals surface area contributed by atoms with Gasteiger partial charge < -0.3 is 10.1 Å². The third-order valence-electron chi connectivity index (χ3n) is 2.36. The molecule has 1 N–H and O–H groups in total. The summed E-state index contributed by atoms with van der Waals surface area (Å²) in [4.78, 5) is 13.6. The van der Waals surface area contributed by atoms with Crippen LogP contribution < -0.4 is 5.32 Å². The lowest BCUT2D eigenvalue weighted by Crippen LogP contribution is -2.39. The minimum atomic E-state index is 0.0130.